The summed E-state index contributed by atoms with van der Waals surface area (Å²) >= 11 is 0. The fourth-order valence-electron chi connectivity index (χ4n) is 3.17. The molecule has 1 saturated heterocycles. The van der Waals surface area contributed by atoms with Gasteiger partial charge in [0, 0.05) is 24.7 Å². The molecule has 2 rings (SSSR count). The predicted molar refractivity (Wildman–Crippen MR) is 80.2 cm³/mol. The number of nitrogens with one attached hydrogen (secondary N) is 1. The van der Waals surface area contributed by atoms with E-state index in [1.807, 2.05) is 6.07 Å². The monoisotopic (exact) mass is 277 g/mol. The van der Waals surface area contributed by atoms with Crippen LogP contribution >= 0.6 is 0 Å². The largest absolute Gasteiger partial charge is 0.384 e. The van der Waals surface area contributed by atoms with E-state index in [0.717, 1.165) is 12.1 Å². The van der Waals surface area contributed by atoms with Crippen LogP contribution in [0.25, 0.3) is 0 Å². The molecule has 0 spiro atoms. The van der Waals surface area contributed by atoms with E-state index >= 15 is 0 Å². The molecule has 4 heteroatoms. The van der Waals surface area contributed by atoms with E-state index in [1.54, 1.807) is 6.07 Å². The lowest BCUT2D eigenvalue weighted by atomic mass is 9.85. The van der Waals surface area contributed by atoms with Gasteiger partial charge in [0.2, 0.25) is 0 Å². The zero-order valence-electron chi connectivity index (χ0n) is 12.5. The Morgan fingerprint density at radius 2 is 2.05 bits per heavy atom. The van der Waals surface area contributed by atoms with Crippen LogP contribution in [0.5, 0.6) is 0 Å². The van der Waals surface area contributed by atoms with E-state index < -0.39 is 0 Å². The van der Waals surface area contributed by atoms with Gasteiger partial charge in [0.15, 0.2) is 0 Å². The van der Waals surface area contributed by atoms with E-state index in [0.29, 0.717) is 30.0 Å². The quantitative estimate of drug-likeness (QED) is 0.659. The average Bonchev–Trinajstić information content (AvgIpc) is 2.34. The second kappa shape index (κ2) is 5.92. The fraction of sp³-hybridized carbons (Fsp3) is 0.562. The van der Waals surface area contributed by atoms with Crippen molar-refractivity contribution in [3.8, 4) is 0 Å². The molecule has 0 radical (unpaired) electrons. The Morgan fingerprint density at radius 3 is 2.70 bits per heavy atom. The molecule has 1 aliphatic rings. The summed E-state index contributed by atoms with van der Waals surface area (Å²) in [5.41, 5.74) is 6.81. The number of rotatable bonds is 3. The molecule has 20 heavy (non-hydrogen) atoms. The summed E-state index contributed by atoms with van der Waals surface area (Å²) < 4.78 is 13.6. The van der Waals surface area contributed by atoms with E-state index in [2.05, 4.69) is 25.7 Å². The summed E-state index contributed by atoms with van der Waals surface area (Å²) in [7, 11) is 0. The van der Waals surface area contributed by atoms with E-state index in [4.69, 9.17) is 11.1 Å². The van der Waals surface area contributed by atoms with Crippen molar-refractivity contribution in [3.05, 3.63) is 35.1 Å². The molecule has 1 heterocycles. The van der Waals surface area contributed by atoms with Gasteiger partial charge in [-0.3, -0.25) is 10.3 Å². The summed E-state index contributed by atoms with van der Waals surface area (Å²) in [6.07, 6.45) is 1.25. The number of likely N-dealkylation sites (tertiary alicyclic amines) is 1. The SMILES string of the molecule is CC1CC(C)C(C)N(Cc2cc(F)cc(C(=N)N)c2)C1. The highest BCUT2D eigenvalue weighted by Gasteiger charge is 2.28. The third-order valence-corrected chi connectivity index (χ3v) is 4.37. The first-order valence-corrected chi connectivity index (χ1v) is 7.24. The van der Waals surface area contributed by atoms with Crippen molar-refractivity contribution in [2.45, 2.75) is 39.8 Å². The van der Waals surface area contributed by atoms with Gasteiger partial charge in [-0.15, -0.1) is 0 Å². The summed E-state index contributed by atoms with van der Waals surface area (Å²) in [6, 6.07) is 5.18. The molecular weight excluding hydrogens is 253 g/mol. The third kappa shape index (κ3) is 3.37. The van der Waals surface area contributed by atoms with Crippen molar-refractivity contribution in [2.75, 3.05) is 6.54 Å². The Hall–Kier alpha value is -1.42. The highest BCUT2D eigenvalue weighted by Crippen LogP contribution is 2.28. The van der Waals surface area contributed by atoms with Gasteiger partial charge in [0.1, 0.15) is 11.7 Å². The molecule has 110 valence electrons. The number of benzene rings is 1. The highest BCUT2D eigenvalue weighted by atomic mass is 19.1. The number of hydrogen-bond donors (Lipinski definition) is 2. The number of hydrogen-bond acceptors (Lipinski definition) is 2. The fourth-order valence-corrected chi connectivity index (χ4v) is 3.17. The van der Waals surface area contributed by atoms with Crippen LogP contribution in [0.1, 0.15) is 38.3 Å². The molecule has 3 unspecified atom stereocenters. The normalized spacial score (nSPS) is 27.5. The molecule has 0 saturated carbocycles. The molecule has 1 fully saturated rings. The minimum Gasteiger partial charge on any atom is -0.384 e. The van der Waals surface area contributed by atoms with Gasteiger partial charge in [-0.25, -0.2) is 4.39 Å². The molecule has 3 N–H and O–H groups in total. The molecule has 0 aromatic heterocycles. The van der Waals surface area contributed by atoms with Crippen LogP contribution in [0.15, 0.2) is 18.2 Å². The van der Waals surface area contributed by atoms with Crippen molar-refractivity contribution < 1.29 is 4.39 Å². The Morgan fingerprint density at radius 1 is 1.35 bits per heavy atom. The Balaban J connectivity index is 2.18. The molecule has 0 bridgehead atoms. The lowest BCUT2D eigenvalue weighted by Gasteiger charge is -2.41. The van der Waals surface area contributed by atoms with Crippen LogP contribution in [-0.2, 0) is 6.54 Å². The standard InChI is InChI=1S/C16H24FN3/c1-10-4-11(2)12(3)20(8-10)9-13-5-14(16(18)19)7-15(17)6-13/h5-7,10-12H,4,8-9H2,1-3H3,(H3,18,19). The zero-order chi connectivity index (χ0) is 14.9. The molecule has 0 amide bonds. The Kier molecular flexibility index (Phi) is 4.43. The lowest BCUT2D eigenvalue weighted by Crippen LogP contribution is -2.45. The molecular formula is C16H24FN3. The topological polar surface area (TPSA) is 53.1 Å². The van der Waals surface area contributed by atoms with Gasteiger partial charge < -0.3 is 5.73 Å². The minimum absolute atomic E-state index is 0.0841. The third-order valence-electron chi connectivity index (χ3n) is 4.37. The summed E-state index contributed by atoms with van der Waals surface area (Å²) in [6.45, 7) is 8.54. The maximum Gasteiger partial charge on any atom is 0.124 e. The Labute approximate surface area is 120 Å². The number of amidine groups is 1. The average molecular weight is 277 g/mol. The summed E-state index contributed by atoms with van der Waals surface area (Å²) in [5, 5.41) is 7.45. The first kappa shape index (κ1) is 15.0. The van der Waals surface area contributed by atoms with E-state index in [-0.39, 0.29) is 11.7 Å². The first-order valence-electron chi connectivity index (χ1n) is 7.24. The number of nitrogen functional groups attached to an aromatic ring is 1. The van der Waals surface area contributed by atoms with Gasteiger partial charge in [-0.2, -0.15) is 0 Å². The van der Waals surface area contributed by atoms with Gasteiger partial charge >= 0.3 is 0 Å². The molecule has 0 aliphatic carbocycles. The van der Waals surface area contributed by atoms with Crippen molar-refractivity contribution >= 4 is 5.84 Å². The van der Waals surface area contributed by atoms with Crippen LogP contribution in [0.2, 0.25) is 0 Å². The van der Waals surface area contributed by atoms with Crippen LogP contribution in [0.3, 0.4) is 0 Å². The van der Waals surface area contributed by atoms with Gasteiger partial charge in [-0.05, 0) is 48.9 Å². The minimum atomic E-state index is -0.321. The highest BCUT2D eigenvalue weighted by molar-refractivity contribution is 5.95. The van der Waals surface area contributed by atoms with Crippen LogP contribution in [0, 0.1) is 23.1 Å². The second-order valence-electron chi connectivity index (χ2n) is 6.25. The number of nitrogens with two attached hydrogens (primary N) is 1. The van der Waals surface area contributed by atoms with Crippen LogP contribution < -0.4 is 5.73 Å². The van der Waals surface area contributed by atoms with Crippen LogP contribution in [0.4, 0.5) is 4.39 Å². The van der Waals surface area contributed by atoms with E-state index in [1.165, 1.54) is 12.5 Å². The molecule has 1 aliphatic heterocycles. The van der Waals surface area contributed by atoms with Gasteiger partial charge in [0.05, 0.1) is 0 Å². The smallest absolute Gasteiger partial charge is 0.124 e. The van der Waals surface area contributed by atoms with Crippen LogP contribution in [-0.4, -0.2) is 23.3 Å². The maximum absolute atomic E-state index is 13.6. The molecule has 1 aromatic rings. The summed E-state index contributed by atoms with van der Waals surface area (Å²) in [5.74, 6) is 0.916. The van der Waals surface area contributed by atoms with Crippen molar-refractivity contribution in [1.82, 2.24) is 4.90 Å². The number of halogens is 1. The predicted octanol–water partition coefficient (Wildman–Crippen LogP) is 2.98. The van der Waals surface area contributed by atoms with Crippen molar-refractivity contribution in [1.29, 1.82) is 5.41 Å². The first-order chi connectivity index (χ1) is 9.36. The number of nitrogens with zero attached hydrogens (tertiary/aromatic N) is 1. The molecule has 3 atom stereocenters. The Bertz CT molecular complexity index is 500. The number of piperidine rings is 1. The van der Waals surface area contributed by atoms with E-state index in [9.17, 15) is 4.39 Å². The van der Waals surface area contributed by atoms with Crippen molar-refractivity contribution in [2.24, 2.45) is 17.6 Å². The van der Waals surface area contributed by atoms with Gasteiger partial charge in [-0.1, -0.05) is 13.8 Å². The van der Waals surface area contributed by atoms with Crippen molar-refractivity contribution in [3.63, 3.8) is 0 Å². The molecule has 1 aromatic carbocycles. The lowest BCUT2D eigenvalue weighted by molar-refractivity contribution is 0.0729. The zero-order valence-corrected chi connectivity index (χ0v) is 12.5. The molecule has 3 nitrogen and oxygen atoms in total. The second-order valence-corrected chi connectivity index (χ2v) is 6.25. The van der Waals surface area contributed by atoms with Gasteiger partial charge in [0.25, 0.3) is 0 Å². The maximum atomic E-state index is 13.6. The summed E-state index contributed by atoms with van der Waals surface area (Å²) in [4.78, 5) is 2.40.